The van der Waals surface area contributed by atoms with E-state index in [1.165, 1.54) is 19.2 Å². The Morgan fingerprint density at radius 3 is 2.38 bits per heavy atom. The van der Waals surface area contributed by atoms with Gasteiger partial charge in [0, 0.05) is 6.54 Å². The molecule has 0 aromatic heterocycles. The van der Waals surface area contributed by atoms with E-state index in [2.05, 4.69) is 10.1 Å². The summed E-state index contributed by atoms with van der Waals surface area (Å²) in [4.78, 5) is 11.8. The van der Waals surface area contributed by atoms with Gasteiger partial charge in [0.15, 0.2) is 18.1 Å². The second kappa shape index (κ2) is 8.71. The predicted octanol–water partition coefficient (Wildman–Crippen LogP) is 2.99. The molecule has 7 heteroatoms. The maximum atomic E-state index is 12.1. The van der Waals surface area contributed by atoms with Gasteiger partial charge in [-0.2, -0.15) is 8.78 Å². The van der Waals surface area contributed by atoms with Crippen molar-refractivity contribution in [3.05, 3.63) is 54.1 Å². The lowest BCUT2D eigenvalue weighted by Crippen LogP contribution is -2.28. The van der Waals surface area contributed by atoms with E-state index in [1.807, 2.05) is 0 Å². The Morgan fingerprint density at radius 2 is 1.75 bits per heavy atom. The first-order chi connectivity index (χ1) is 11.6. The molecule has 0 spiro atoms. The molecule has 2 aromatic rings. The van der Waals surface area contributed by atoms with Crippen LogP contribution in [0.5, 0.6) is 17.2 Å². The molecule has 0 aliphatic carbocycles. The molecule has 0 aliphatic rings. The normalized spacial score (nSPS) is 10.3. The summed E-state index contributed by atoms with van der Waals surface area (Å²) in [7, 11) is 1.52. The van der Waals surface area contributed by atoms with E-state index in [0.29, 0.717) is 11.5 Å². The van der Waals surface area contributed by atoms with Crippen LogP contribution in [0.4, 0.5) is 8.78 Å². The van der Waals surface area contributed by atoms with Crippen molar-refractivity contribution >= 4 is 5.91 Å². The van der Waals surface area contributed by atoms with Gasteiger partial charge in [0.2, 0.25) is 0 Å². The van der Waals surface area contributed by atoms with Gasteiger partial charge in [-0.15, -0.1) is 0 Å². The fraction of sp³-hybridized carbons (Fsp3) is 0.235. The number of hydrogen-bond acceptors (Lipinski definition) is 4. The molecule has 24 heavy (non-hydrogen) atoms. The number of rotatable bonds is 8. The van der Waals surface area contributed by atoms with Crippen molar-refractivity contribution in [2.24, 2.45) is 0 Å². The Labute approximate surface area is 138 Å². The Bertz CT molecular complexity index is 662. The molecule has 2 rings (SSSR count). The number of nitrogens with one attached hydrogen (secondary N) is 1. The number of amides is 1. The molecule has 0 saturated heterocycles. The van der Waals surface area contributed by atoms with Crippen LogP contribution in [0.3, 0.4) is 0 Å². The van der Waals surface area contributed by atoms with Gasteiger partial charge in [-0.25, -0.2) is 0 Å². The number of methoxy groups -OCH3 is 1. The lowest BCUT2D eigenvalue weighted by Gasteiger charge is -2.11. The summed E-state index contributed by atoms with van der Waals surface area (Å²) in [5, 5.41) is 2.67. The molecule has 0 atom stereocenters. The number of halogens is 2. The van der Waals surface area contributed by atoms with Crippen molar-refractivity contribution in [2.45, 2.75) is 13.2 Å². The maximum Gasteiger partial charge on any atom is 0.387 e. The summed E-state index contributed by atoms with van der Waals surface area (Å²) < 4.78 is 38.9. The molecule has 5 nitrogen and oxygen atoms in total. The molecule has 128 valence electrons. The summed E-state index contributed by atoms with van der Waals surface area (Å²) in [5.41, 5.74) is 0.752. The van der Waals surface area contributed by atoms with Crippen LogP contribution >= 0.6 is 0 Å². The predicted molar refractivity (Wildman–Crippen MR) is 83.4 cm³/mol. The Kier molecular flexibility index (Phi) is 6.36. The van der Waals surface area contributed by atoms with Crippen molar-refractivity contribution < 1.29 is 27.8 Å². The highest BCUT2D eigenvalue weighted by Gasteiger charge is 2.07. The fourth-order valence-corrected chi connectivity index (χ4v) is 1.92. The lowest BCUT2D eigenvalue weighted by atomic mass is 10.2. The zero-order valence-corrected chi connectivity index (χ0v) is 13.0. The smallest absolute Gasteiger partial charge is 0.387 e. The molecule has 1 N–H and O–H groups in total. The third kappa shape index (κ3) is 5.42. The Hall–Kier alpha value is -2.83. The number of carbonyl (C=O) groups excluding carboxylic acids is 1. The molecule has 2 aromatic carbocycles. The first kappa shape index (κ1) is 17.5. The first-order valence-electron chi connectivity index (χ1n) is 7.14. The van der Waals surface area contributed by atoms with Crippen molar-refractivity contribution in [3.8, 4) is 17.2 Å². The van der Waals surface area contributed by atoms with Gasteiger partial charge in [-0.3, -0.25) is 4.79 Å². The molecule has 0 saturated carbocycles. The SMILES string of the molecule is COc1ccccc1OCC(=O)NCc1ccc(OC(F)F)cc1. The van der Waals surface area contributed by atoms with Crippen LogP contribution in [-0.2, 0) is 11.3 Å². The third-order valence-electron chi connectivity index (χ3n) is 3.07. The van der Waals surface area contributed by atoms with Gasteiger partial charge in [0.1, 0.15) is 5.75 Å². The average molecular weight is 337 g/mol. The molecule has 0 radical (unpaired) electrons. The number of ether oxygens (including phenoxy) is 3. The second-order valence-corrected chi connectivity index (χ2v) is 4.74. The zero-order valence-electron chi connectivity index (χ0n) is 13.0. The van der Waals surface area contributed by atoms with Crippen molar-refractivity contribution in [3.63, 3.8) is 0 Å². The van der Waals surface area contributed by atoms with Crippen molar-refractivity contribution in [1.82, 2.24) is 5.32 Å². The molecule has 1 amide bonds. The Balaban J connectivity index is 1.78. The monoisotopic (exact) mass is 337 g/mol. The standard InChI is InChI=1S/C17H17F2NO4/c1-22-14-4-2-3-5-15(14)23-11-16(21)20-10-12-6-8-13(9-7-12)24-17(18)19/h2-9,17H,10-11H2,1H3,(H,20,21). The van der Waals surface area contributed by atoms with E-state index in [0.717, 1.165) is 5.56 Å². The summed E-state index contributed by atoms with van der Waals surface area (Å²) in [6.07, 6.45) is 0. The zero-order chi connectivity index (χ0) is 17.4. The first-order valence-corrected chi connectivity index (χ1v) is 7.14. The van der Waals surface area contributed by atoms with E-state index in [-0.39, 0.29) is 24.8 Å². The minimum absolute atomic E-state index is 0.0691. The van der Waals surface area contributed by atoms with Crippen LogP contribution in [-0.4, -0.2) is 26.2 Å². The number of carbonyl (C=O) groups is 1. The summed E-state index contributed by atoms with van der Waals surface area (Å²) in [6.45, 7) is -2.77. The van der Waals surface area contributed by atoms with E-state index >= 15 is 0 Å². The van der Waals surface area contributed by atoms with Gasteiger partial charge in [-0.1, -0.05) is 24.3 Å². The minimum Gasteiger partial charge on any atom is -0.493 e. The van der Waals surface area contributed by atoms with Crippen LogP contribution < -0.4 is 19.5 Å². The van der Waals surface area contributed by atoms with E-state index in [1.54, 1.807) is 36.4 Å². The number of para-hydroxylation sites is 2. The van der Waals surface area contributed by atoms with Crippen LogP contribution in [0.15, 0.2) is 48.5 Å². The molecule has 0 aliphatic heterocycles. The van der Waals surface area contributed by atoms with Gasteiger partial charge in [0.25, 0.3) is 5.91 Å². The summed E-state index contributed by atoms with van der Waals surface area (Å²) in [6, 6.07) is 13.0. The second-order valence-electron chi connectivity index (χ2n) is 4.74. The largest absolute Gasteiger partial charge is 0.493 e. The fourth-order valence-electron chi connectivity index (χ4n) is 1.92. The maximum absolute atomic E-state index is 12.1. The molecule has 0 heterocycles. The minimum atomic E-state index is -2.86. The molecule has 0 bridgehead atoms. The van der Waals surface area contributed by atoms with E-state index < -0.39 is 6.61 Å². The molecular formula is C17H17F2NO4. The molecule has 0 fully saturated rings. The van der Waals surface area contributed by atoms with Crippen molar-refractivity contribution in [2.75, 3.05) is 13.7 Å². The van der Waals surface area contributed by atoms with Gasteiger partial charge in [0.05, 0.1) is 7.11 Å². The van der Waals surface area contributed by atoms with E-state index in [4.69, 9.17) is 9.47 Å². The van der Waals surface area contributed by atoms with Crippen LogP contribution in [0.2, 0.25) is 0 Å². The van der Waals surface area contributed by atoms with Gasteiger partial charge in [-0.05, 0) is 29.8 Å². The van der Waals surface area contributed by atoms with Crippen LogP contribution in [0.25, 0.3) is 0 Å². The summed E-state index contributed by atoms with van der Waals surface area (Å²) in [5.74, 6) is 0.775. The quantitative estimate of drug-likeness (QED) is 0.805. The van der Waals surface area contributed by atoms with Crippen molar-refractivity contribution in [1.29, 1.82) is 0 Å². The Morgan fingerprint density at radius 1 is 1.08 bits per heavy atom. The van der Waals surface area contributed by atoms with E-state index in [9.17, 15) is 13.6 Å². The number of hydrogen-bond donors (Lipinski definition) is 1. The highest BCUT2D eigenvalue weighted by Crippen LogP contribution is 2.25. The van der Waals surface area contributed by atoms with Crippen LogP contribution in [0, 0.1) is 0 Å². The lowest BCUT2D eigenvalue weighted by molar-refractivity contribution is -0.123. The number of benzene rings is 2. The molecular weight excluding hydrogens is 320 g/mol. The third-order valence-corrected chi connectivity index (χ3v) is 3.07. The average Bonchev–Trinajstić information content (AvgIpc) is 2.59. The number of alkyl halides is 2. The van der Waals surface area contributed by atoms with Gasteiger partial charge >= 0.3 is 6.61 Å². The highest BCUT2D eigenvalue weighted by molar-refractivity contribution is 5.77. The van der Waals surface area contributed by atoms with Crippen LogP contribution in [0.1, 0.15) is 5.56 Å². The molecule has 0 unspecified atom stereocenters. The summed E-state index contributed by atoms with van der Waals surface area (Å²) >= 11 is 0. The van der Waals surface area contributed by atoms with Gasteiger partial charge < -0.3 is 19.5 Å². The topological polar surface area (TPSA) is 56.8 Å². The highest BCUT2D eigenvalue weighted by atomic mass is 19.3.